The maximum Gasteiger partial charge on any atom is 0.142 e. The molecule has 1 aliphatic heterocycles. The number of benzene rings is 1. The van der Waals surface area contributed by atoms with Gasteiger partial charge in [0.1, 0.15) is 5.82 Å². The van der Waals surface area contributed by atoms with Crippen molar-refractivity contribution in [2.75, 3.05) is 12.3 Å². The van der Waals surface area contributed by atoms with Crippen molar-refractivity contribution in [1.29, 1.82) is 0 Å². The van der Waals surface area contributed by atoms with Crippen molar-refractivity contribution in [3.8, 4) is 0 Å². The Morgan fingerprint density at radius 3 is 3.12 bits per heavy atom. The number of anilines is 1. The summed E-state index contributed by atoms with van der Waals surface area (Å²) in [5, 5.41) is 3.51. The van der Waals surface area contributed by atoms with Crippen LogP contribution in [0, 0.1) is 0 Å². The molecule has 4 heteroatoms. The fourth-order valence-corrected chi connectivity index (χ4v) is 2.41. The topological polar surface area (TPSA) is 63.8 Å². The summed E-state index contributed by atoms with van der Waals surface area (Å²) in [6.07, 6.45) is 5.24. The molecule has 88 valence electrons. The number of hydrogen-bond acceptors (Lipinski definition) is 4. The molecule has 1 unspecified atom stereocenters. The van der Waals surface area contributed by atoms with Crippen molar-refractivity contribution in [2.45, 2.75) is 25.3 Å². The summed E-state index contributed by atoms with van der Waals surface area (Å²) in [4.78, 5) is 8.56. The second-order valence-corrected chi connectivity index (χ2v) is 4.62. The molecule has 4 nitrogen and oxygen atoms in total. The van der Waals surface area contributed by atoms with Gasteiger partial charge in [-0.25, -0.2) is 4.98 Å². The van der Waals surface area contributed by atoms with E-state index in [1.165, 1.54) is 18.4 Å². The molecule has 1 fully saturated rings. The highest BCUT2D eigenvalue weighted by molar-refractivity contribution is 5.76. The molecule has 2 heterocycles. The van der Waals surface area contributed by atoms with Crippen LogP contribution in [0.1, 0.15) is 18.4 Å². The lowest BCUT2D eigenvalue weighted by atomic mass is 10.0. The summed E-state index contributed by atoms with van der Waals surface area (Å²) < 4.78 is 0. The predicted octanol–water partition coefficient (Wildman–Crippen LogP) is 1.51. The normalized spacial score (nSPS) is 19.9. The van der Waals surface area contributed by atoms with Crippen LogP contribution in [0.15, 0.2) is 24.4 Å². The van der Waals surface area contributed by atoms with Crippen molar-refractivity contribution in [3.63, 3.8) is 0 Å². The highest BCUT2D eigenvalue weighted by Crippen LogP contribution is 2.16. The first kappa shape index (κ1) is 10.5. The van der Waals surface area contributed by atoms with E-state index in [0.717, 1.165) is 24.0 Å². The molecule has 0 saturated carbocycles. The summed E-state index contributed by atoms with van der Waals surface area (Å²) >= 11 is 0. The molecule has 1 aromatic heterocycles. The smallest absolute Gasteiger partial charge is 0.142 e. The van der Waals surface area contributed by atoms with Gasteiger partial charge in [-0.15, -0.1) is 0 Å². The number of nitrogens with one attached hydrogen (secondary N) is 1. The Hall–Kier alpha value is -1.68. The Bertz CT molecular complexity index is 532. The maximum absolute atomic E-state index is 5.61. The van der Waals surface area contributed by atoms with Gasteiger partial charge in [0.15, 0.2) is 0 Å². The zero-order valence-corrected chi connectivity index (χ0v) is 9.69. The second-order valence-electron chi connectivity index (χ2n) is 4.62. The Balaban J connectivity index is 1.88. The maximum atomic E-state index is 5.61. The van der Waals surface area contributed by atoms with Crippen LogP contribution in [0.5, 0.6) is 0 Å². The molecule has 1 aliphatic rings. The first-order valence-corrected chi connectivity index (χ1v) is 6.06. The molecule has 2 aromatic rings. The fourth-order valence-electron chi connectivity index (χ4n) is 2.41. The third kappa shape index (κ3) is 2.22. The van der Waals surface area contributed by atoms with E-state index < -0.39 is 0 Å². The van der Waals surface area contributed by atoms with E-state index >= 15 is 0 Å². The van der Waals surface area contributed by atoms with Gasteiger partial charge in [-0.05, 0) is 43.5 Å². The van der Waals surface area contributed by atoms with Gasteiger partial charge in [-0.1, -0.05) is 6.07 Å². The summed E-state index contributed by atoms with van der Waals surface area (Å²) in [6, 6.07) is 6.86. The van der Waals surface area contributed by atoms with E-state index in [0.29, 0.717) is 11.9 Å². The van der Waals surface area contributed by atoms with E-state index in [-0.39, 0.29) is 0 Å². The average Bonchev–Trinajstić information content (AvgIpc) is 2.82. The Morgan fingerprint density at radius 1 is 1.35 bits per heavy atom. The molecule has 1 aromatic carbocycles. The predicted molar refractivity (Wildman–Crippen MR) is 68.7 cm³/mol. The van der Waals surface area contributed by atoms with Gasteiger partial charge in [0.2, 0.25) is 0 Å². The van der Waals surface area contributed by atoms with Crippen LogP contribution < -0.4 is 11.1 Å². The van der Waals surface area contributed by atoms with Crippen LogP contribution in [0.3, 0.4) is 0 Å². The first-order chi connectivity index (χ1) is 8.31. The van der Waals surface area contributed by atoms with Gasteiger partial charge < -0.3 is 11.1 Å². The number of fused-ring (bicyclic) bond motifs is 1. The molecule has 3 rings (SSSR count). The number of aromatic nitrogens is 2. The summed E-state index contributed by atoms with van der Waals surface area (Å²) in [5.74, 6) is 0.475. The molecular weight excluding hydrogens is 212 g/mol. The van der Waals surface area contributed by atoms with Crippen molar-refractivity contribution in [3.05, 3.63) is 30.0 Å². The van der Waals surface area contributed by atoms with Crippen LogP contribution >= 0.6 is 0 Å². The molecule has 0 aliphatic carbocycles. The van der Waals surface area contributed by atoms with Crippen molar-refractivity contribution in [2.24, 2.45) is 0 Å². The van der Waals surface area contributed by atoms with Crippen molar-refractivity contribution < 1.29 is 0 Å². The van der Waals surface area contributed by atoms with Gasteiger partial charge in [-0.2, -0.15) is 0 Å². The van der Waals surface area contributed by atoms with E-state index in [2.05, 4.69) is 27.4 Å². The number of hydrogen-bond donors (Lipinski definition) is 2. The SMILES string of the molecule is Nc1cnc2cc(CC3CCCN3)ccc2n1. The van der Waals surface area contributed by atoms with Crippen LogP contribution in [0.25, 0.3) is 11.0 Å². The van der Waals surface area contributed by atoms with Crippen LogP contribution in [-0.2, 0) is 6.42 Å². The van der Waals surface area contributed by atoms with E-state index in [1.807, 2.05) is 6.07 Å². The van der Waals surface area contributed by atoms with E-state index in [9.17, 15) is 0 Å². The zero-order chi connectivity index (χ0) is 11.7. The minimum atomic E-state index is 0.475. The minimum Gasteiger partial charge on any atom is -0.382 e. The van der Waals surface area contributed by atoms with Gasteiger partial charge in [0.05, 0.1) is 17.2 Å². The lowest BCUT2D eigenvalue weighted by Gasteiger charge is -2.10. The van der Waals surface area contributed by atoms with E-state index in [4.69, 9.17) is 5.73 Å². The monoisotopic (exact) mass is 228 g/mol. The van der Waals surface area contributed by atoms with Gasteiger partial charge in [-0.3, -0.25) is 4.98 Å². The van der Waals surface area contributed by atoms with Crippen molar-refractivity contribution >= 4 is 16.9 Å². The third-order valence-electron chi connectivity index (χ3n) is 3.27. The minimum absolute atomic E-state index is 0.475. The number of nitrogens with two attached hydrogens (primary N) is 1. The molecule has 1 atom stereocenters. The molecule has 0 spiro atoms. The number of nitrogens with zero attached hydrogens (tertiary/aromatic N) is 2. The fraction of sp³-hybridized carbons (Fsp3) is 0.385. The molecule has 1 saturated heterocycles. The number of rotatable bonds is 2. The Labute approximate surface area is 100 Å². The standard InChI is InChI=1S/C13H16N4/c14-13-8-16-12-7-9(3-4-11(12)17-13)6-10-2-1-5-15-10/h3-4,7-8,10,15H,1-2,5-6H2,(H2,14,17). The quantitative estimate of drug-likeness (QED) is 0.817. The summed E-state index contributed by atoms with van der Waals surface area (Å²) in [6.45, 7) is 1.15. The summed E-state index contributed by atoms with van der Waals surface area (Å²) in [5.41, 5.74) is 8.72. The lowest BCUT2D eigenvalue weighted by Crippen LogP contribution is -2.23. The summed E-state index contributed by atoms with van der Waals surface area (Å²) in [7, 11) is 0. The average molecular weight is 228 g/mol. The Kier molecular flexibility index (Phi) is 2.65. The van der Waals surface area contributed by atoms with Crippen LogP contribution in [0.4, 0.5) is 5.82 Å². The lowest BCUT2D eigenvalue weighted by molar-refractivity contribution is 0.603. The van der Waals surface area contributed by atoms with Gasteiger partial charge >= 0.3 is 0 Å². The number of nitrogen functional groups attached to an aromatic ring is 1. The van der Waals surface area contributed by atoms with Crippen LogP contribution in [-0.4, -0.2) is 22.6 Å². The molecule has 3 N–H and O–H groups in total. The first-order valence-electron chi connectivity index (χ1n) is 6.06. The molecule has 0 bridgehead atoms. The molecule has 0 radical (unpaired) electrons. The second kappa shape index (κ2) is 4.30. The van der Waals surface area contributed by atoms with Gasteiger partial charge in [0.25, 0.3) is 0 Å². The highest BCUT2D eigenvalue weighted by atomic mass is 14.9. The zero-order valence-electron chi connectivity index (χ0n) is 9.69. The van der Waals surface area contributed by atoms with Crippen LogP contribution in [0.2, 0.25) is 0 Å². The highest BCUT2D eigenvalue weighted by Gasteiger charge is 2.14. The van der Waals surface area contributed by atoms with Gasteiger partial charge in [0, 0.05) is 6.04 Å². The molecular formula is C13H16N4. The van der Waals surface area contributed by atoms with Crippen molar-refractivity contribution in [1.82, 2.24) is 15.3 Å². The molecule has 0 amide bonds. The van der Waals surface area contributed by atoms with E-state index in [1.54, 1.807) is 6.20 Å². The Morgan fingerprint density at radius 2 is 2.29 bits per heavy atom. The molecule has 17 heavy (non-hydrogen) atoms. The third-order valence-corrected chi connectivity index (χ3v) is 3.27. The largest absolute Gasteiger partial charge is 0.382 e.